The SMILES string of the molecule is N[C@@H](Cc1ccc(OCCCI)cc1)C(=O)O. The first-order valence-corrected chi connectivity index (χ1v) is 6.92. The summed E-state index contributed by atoms with van der Waals surface area (Å²) in [7, 11) is 0. The van der Waals surface area contributed by atoms with Crippen LogP contribution in [0, 0.1) is 0 Å². The average Bonchev–Trinajstić information content (AvgIpc) is 2.31. The van der Waals surface area contributed by atoms with E-state index in [1.54, 1.807) is 0 Å². The fourth-order valence-corrected chi connectivity index (χ4v) is 1.62. The Morgan fingerprint density at radius 3 is 2.59 bits per heavy atom. The maximum Gasteiger partial charge on any atom is 0.320 e. The Morgan fingerprint density at radius 1 is 1.41 bits per heavy atom. The molecule has 17 heavy (non-hydrogen) atoms. The Hall–Kier alpha value is -0.820. The zero-order valence-corrected chi connectivity index (χ0v) is 11.6. The van der Waals surface area contributed by atoms with Crippen molar-refractivity contribution in [2.75, 3.05) is 11.0 Å². The van der Waals surface area contributed by atoms with Crippen molar-refractivity contribution < 1.29 is 14.6 Å². The molecule has 5 heteroatoms. The summed E-state index contributed by atoms with van der Waals surface area (Å²) in [5, 5.41) is 8.69. The van der Waals surface area contributed by atoms with E-state index in [2.05, 4.69) is 22.6 Å². The van der Waals surface area contributed by atoms with Gasteiger partial charge >= 0.3 is 5.97 Å². The van der Waals surface area contributed by atoms with Gasteiger partial charge < -0.3 is 15.6 Å². The van der Waals surface area contributed by atoms with Gasteiger partial charge in [0.25, 0.3) is 0 Å². The van der Waals surface area contributed by atoms with E-state index >= 15 is 0 Å². The van der Waals surface area contributed by atoms with Crippen LogP contribution in [0.2, 0.25) is 0 Å². The highest BCUT2D eigenvalue weighted by Crippen LogP contribution is 2.13. The topological polar surface area (TPSA) is 72.5 Å². The van der Waals surface area contributed by atoms with Crippen LogP contribution in [0.3, 0.4) is 0 Å². The highest BCUT2D eigenvalue weighted by Gasteiger charge is 2.11. The minimum atomic E-state index is -0.979. The molecule has 1 rings (SSSR count). The Bertz CT molecular complexity index is 353. The number of aliphatic carboxylic acids is 1. The zero-order chi connectivity index (χ0) is 12.7. The van der Waals surface area contributed by atoms with Crippen molar-refractivity contribution in [1.29, 1.82) is 0 Å². The van der Waals surface area contributed by atoms with Crippen LogP contribution in [0.15, 0.2) is 24.3 Å². The maximum atomic E-state index is 10.6. The molecule has 1 aromatic rings. The van der Waals surface area contributed by atoms with E-state index in [9.17, 15) is 4.79 Å². The number of benzene rings is 1. The molecule has 0 aliphatic rings. The number of hydrogen-bond donors (Lipinski definition) is 2. The zero-order valence-electron chi connectivity index (χ0n) is 9.43. The van der Waals surface area contributed by atoms with E-state index in [0.717, 1.165) is 22.2 Å². The van der Waals surface area contributed by atoms with Gasteiger partial charge in [-0.05, 0) is 30.5 Å². The summed E-state index contributed by atoms with van der Waals surface area (Å²) in [4.78, 5) is 10.6. The highest BCUT2D eigenvalue weighted by molar-refractivity contribution is 14.1. The van der Waals surface area contributed by atoms with Crippen molar-refractivity contribution in [3.63, 3.8) is 0 Å². The molecule has 0 saturated carbocycles. The fourth-order valence-electron chi connectivity index (χ4n) is 1.31. The molecule has 0 unspecified atom stereocenters. The van der Waals surface area contributed by atoms with Crippen molar-refractivity contribution in [3.05, 3.63) is 29.8 Å². The molecular formula is C12H16INO3. The molecule has 0 aliphatic heterocycles. The third-order valence-corrected chi connectivity index (χ3v) is 3.01. The van der Waals surface area contributed by atoms with E-state index in [1.165, 1.54) is 0 Å². The number of rotatable bonds is 7. The molecule has 94 valence electrons. The Labute approximate surface area is 114 Å². The molecule has 0 radical (unpaired) electrons. The first-order valence-electron chi connectivity index (χ1n) is 5.39. The molecule has 1 aromatic carbocycles. The lowest BCUT2D eigenvalue weighted by atomic mass is 10.1. The van der Waals surface area contributed by atoms with Crippen LogP contribution in [0.25, 0.3) is 0 Å². The molecule has 1 atom stereocenters. The fraction of sp³-hybridized carbons (Fsp3) is 0.417. The largest absolute Gasteiger partial charge is 0.494 e. The first-order chi connectivity index (χ1) is 8.13. The normalized spacial score (nSPS) is 12.1. The molecule has 0 aliphatic carbocycles. The Morgan fingerprint density at radius 2 is 2.06 bits per heavy atom. The van der Waals surface area contributed by atoms with Gasteiger partial charge in [-0.1, -0.05) is 34.7 Å². The number of ether oxygens (including phenoxy) is 1. The second kappa shape index (κ2) is 7.50. The van der Waals surface area contributed by atoms with Gasteiger partial charge in [0.15, 0.2) is 0 Å². The molecular weight excluding hydrogens is 333 g/mol. The van der Waals surface area contributed by atoms with Crippen molar-refractivity contribution in [2.24, 2.45) is 5.73 Å². The molecule has 0 bridgehead atoms. The van der Waals surface area contributed by atoms with Gasteiger partial charge in [0.1, 0.15) is 11.8 Å². The average molecular weight is 349 g/mol. The number of alkyl halides is 1. The quantitative estimate of drug-likeness (QED) is 0.448. The number of nitrogens with two attached hydrogens (primary N) is 1. The third kappa shape index (κ3) is 5.36. The van der Waals surface area contributed by atoms with Gasteiger partial charge in [-0.25, -0.2) is 0 Å². The molecule has 0 saturated heterocycles. The minimum absolute atomic E-state index is 0.337. The molecule has 0 fully saturated rings. The summed E-state index contributed by atoms with van der Waals surface area (Å²) >= 11 is 2.31. The predicted octanol–water partition coefficient (Wildman–Crippen LogP) is 1.84. The molecule has 0 spiro atoms. The Kier molecular flexibility index (Phi) is 6.28. The van der Waals surface area contributed by atoms with Crippen molar-refractivity contribution in [2.45, 2.75) is 18.9 Å². The van der Waals surface area contributed by atoms with Crippen LogP contribution in [0.1, 0.15) is 12.0 Å². The van der Waals surface area contributed by atoms with Crippen molar-refractivity contribution in [1.82, 2.24) is 0 Å². The van der Waals surface area contributed by atoms with Crippen LogP contribution in [0.5, 0.6) is 5.75 Å². The smallest absolute Gasteiger partial charge is 0.320 e. The van der Waals surface area contributed by atoms with Crippen LogP contribution >= 0.6 is 22.6 Å². The second-order valence-corrected chi connectivity index (χ2v) is 4.76. The van der Waals surface area contributed by atoms with E-state index < -0.39 is 12.0 Å². The third-order valence-electron chi connectivity index (χ3n) is 2.24. The maximum absolute atomic E-state index is 10.6. The van der Waals surface area contributed by atoms with Gasteiger partial charge in [0.2, 0.25) is 0 Å². The van der Waals surface area contributed by atoms with Crippen LogP contribution in [-0.4, -0.2) is 28.2 Å². The number of carbonyl (C=O) groups is 1. The first kappa shape index (κ1) is 14.2. The lowest BCUT2D eigenvalue weighted by Gasteiger charge is -2.08. The summed E-state index contributed by atoms with van der Waals surface area (Å²) in [5.41, 5.74) is 6.36. The number of halogens is 1. The van der Waals surface area contributed by atoms with Gasteiger partial charge in [-0.2, -0.15) is 0 Å². The van der Waals surface area contributed by atoms with E-state index in [1.807, 2.05) is 24.3 Å². The second-order valence-electron chi connectivity index (χ2n) is 3.68. The van der Waals surface area contributed by atoms with Gasteiger partial charge in [-0.15, -0.1) is 0 Å². The lowest BCUT2D eigenvalue weighted by Crippen LogP contribution is -2.32. The summed E-state index contributed by atoms with van der Waals surface area (Å²) in [6.07, 6.45) is 1.36. The monoisotopic (exact) mass is 349 g/mol. The molecule has 0 heterocycles. The van der Waals surface area contributed by atoms with E-state index in [4.69, 9.17) is 15.6 Å². The standard InChI is InChI=1S/C12H16INO3/c13-6-1-7-17-10-4-2-9(3-5-10)8-11(14)12(15)16/h2-5,11H,1,6-8,14H2,(H,15,16)/t11-/m0/s1. The molecule has 0 aromatic heterocycles. The lowest BCUT2D eigenvalue weighted by molar-refractivity contribution is -0.138. The molecule has 3 N–H and O–H groups in total. The van der Waals surface area contributed by atoms with E-state index in [0.29, 0.717) is 13.0 Å². The van der Waals surface area contributed by atoms with Crippen LogP contribution in [0.4, 0.5) is 0 Å². The van der Waals surface area contributed by atoms with Crippen molar-refractivity contribution in [3.8, 4) is 5.75 Å². The molecule has 4 nitrogen and oxygen atoms in total. The van der Waals surface area contributed by atoms with E-state index in [-0.39, 0.29) is 0 Å². The number of carboxylic acids is 1. The Balaban J connectivity index is 2.47. The number of hydrogen-bond acceptors (Lipinski definition) is 3. The highest BCUT2D eigenvalue weighted by atomic mass is 127. The molecule has 0 amide bonds. The summed E-state index contributed by atoms with van der Waals surface area (Å²) in [6, 6.07) is 6.54. The van der Waals surface area contributed by atoms with Crippen LogP contribution in [-0.2, 0) is 11.2 Å². The van der Waals surface area contributed by atoms with Crippen molar-refractivity contribution >= 4 is 28.6 Å². The summed E-state index contributed by atoms with van der Waals surface area (Å²) < 4.78 is 6.57. The number of carboxylic acid groups (broad SMARTS) is 1. The van der Waals surface area contributed by atoms with Gasteiger partial charge in [0, 0.05) is 4.43 Å². The van der Waals surface area contributed by atoms with Crippen LogP contribution < -0.4 is 10.5 Å². The predicted molar refractivity (Wildman–Crippen MR) is 74.8 cm³/mol. The minimum Gasteiger partial charge on any atom is -0.494 e. The van der Waals surface area contributed by atoms with Gasteiger partial charge in [-0.3, -0.25) is 4.79 Å². The summed E-state index contributed by atoms with van der Waals surface area (Å²) in [6.45, 7) is 0.705. The van der Waals surface area contributed by atoms with Gasteiger partial charge in [0.05, 0.1) is 6.61 Å². The summed E-state index contributed by atoms with van der Waals surface area (Å²) in [5.74, 6) is -0.171.